The molecule has 0 unspecified atom stereocenters. The van der Waals surface area contributed by atoms with Crippen molar-refractivity contribution in [2.75, 3.05) is 5.32 Å². The van der Waals surface area contributed by atoms with Crippen molar-refractivity contribution in [2.45, 2.75) is 52.4 Å². The molecule has 0 saturated carbocycles. The van der Waals surface area contributed by atoms with Crippen LogP contribution in [0.15, 0.2) is 59.1 Å². The summed E-state index contributed by atoms with van der Waals surface area (Å²) in [5.41, 5.74) is 3.90. The Hall–Kier alpha value is -2.70. The van der Waals surface area contributed by atoms with Crippen molar-refractivity contribution in [3.63, 3.8) is 0 Å². The maximum absolute atomic E-state index is 12.7. The highest BCUT2D eigenvalue weighted by Crippen LogP contribution is 2.37. The molecule has 5 nitrogen and oxygen atoms in total. The number of hydrogen-bond acceptors (Lipinski definition) is 4. The lowest BCUT2D eigenvalue weighted by Crippen LogP contribution is -2.40. The van der Waals surface area contributed by atoms with Crippen LogP contribution in [0, 0.1) is 6.92 Å². The zero-order valence-corrected chi connectivity index (χ0v) is 19.6. The van der Waals surface area contributed by atoms with Crippen LogP contribution in [0.2, 0.25) is 18.1 Å². The third-order valence-corrected chi connectivity index (χ3v) is 10.3. The Morgan fingerprint density at radius 2 is 1.80 bits per heavy atom. The number of hydrogen-bond donors (Lipinski definition) is 1. The smallest absolute Gasteiger partial charge is 0.311 e. The number of nitrogens with one attached hydrogen (secondary N) is 1. The molecule has 0 aliphatic heterocycles. The Labute approximate surface area is 179 Å². The first kappa shape index (κ1) is 22.0. The van der Waals surface area contributed by atoms with Gasteiger partial charge in [0.05, 0.1) is 12.8 Å². The molecule has 0 spiro atoms. The molecule has 0 aliphatic rings. The number of carbonyl (C=O) groups excluding carboxylic acids is 1. The number of rotatable bonds is 6. The fourth-order valence-electron chi connectivity index (χ4n) is 2.82. The minimum Gasteiger partial charge on any atom is -0.435 e. The van der Waals surface area contributed by atoms with E-state index in [1.165, 1.54) is 0 Å². The number of anilines is 1. The summed E-state index contributed by atoms with van der Waals surface area (Å²) in [7, 11) is -1.90. The molecule has 1 heterocycles. The van der Waals surface area contributed by atoms with Crippen molar-refractivity contribution >= 4 is 19.9 Å². The second-order valence-corrected chi connectivity index (χ2v) is 13.8. The van der Waals surface area contributed by atoms with E-state index in [4.69, 9.17) is 8.84 Å². The highest BCUT2D eigenvalue weighted by atomic mass is 28.4. The Morgan fingerprint density at radius 1 is 1.10 bits per heavy atom. The molecule has 0 fully saturated rings. The summed E-state index contributed by atoms with van der Waals surface area (Å²) in [6.45, 7) is 13.2. The lowest BCUT2D eigenvalue weighted by molar-refractivity contribution is 0.0985. The average molecular weight is 423 g/mol. The maximum atomic E-state index is 12.7. The number of aromatic nitrogens is 1. The van der Waals surface area contributed by atoms with E-state index >= 15 is 0 Å². The SMILES string of the molecule is Cc1c(NC(=O)c2ncc(CO[Si](C)(C)C(C)(C)C)o2)cccc1-c1ccccc1. The van der Waals surface area contributed by atoms with E-state index in [1.54, 1.807) is 6.20 Å². The molecular weight excluding hydrogens is 392 g/mol. The van der Waals surface area contributed by atoms with Crippen molar-refractivity contribution in [3.8, 4) is 11.1 Å². The van der Waals surface area contributed by atoms with Crippen LogP contribution in [0.1, 0.15) is 42.8 Å². The molecule has 3 aromatic rings. The van der Waals surface area contributed by atoms with E-state index in [2.05, 4.69) is 56.3 Å². The van der Waals surface area contributed by atoms with Gasteiger partial charge < -0.3 is 14.2 Å². The molecule has 30 heavy (non-hydrogen) atoms. The second-order valence-electron chi connectivity index (χ2n) is 8.98. The molecule has 2 aromatic carbocycles. The van der Waals surface area contributed by atoms with Crippen LogP contribution < -0.4 is 5.32 Å². The van der Waals surface area contributed by atoms with Crippen LogP contribution in [0.5, 0.6) is 0 Å². The molecule has 0 aliphatic carbocycles. The second kappa shape index (κ2) is 8.58. The van der Waals surface area contributed by atoms with Gasteiger partial charge in [0.2, 0.25) is 0 Å². The van der Waals surface area contributed by atoms with Crippen molar-refractivity contribution < 1.29 is 13.6 Å². The van der Waals surface area contributed by atoms with Gasteiger partial charge in [-0.2, -0.15) is 0 Å². The predicted octanol–water partition coefficient (Wildman–Crippen LogP) is 6.42. The molecule has 6 heteroatoms. The van der Waals surface area contributed by atoms with Gasteiger partial charge in [-0.25, -0.2) is 4.98 Å². The van der Waals surface area contributed by atoms with Gasteiger partial charge >= 0.3 is 5.91 Å². The first-order valence-corrected chi connectivity index (χ1v) is 13.0. The summed E-state index contributed by atoms with van der Waals surface area (Å²) in [6.07, 6.45) is 1.56. The first-order chi connectivity index (χ1) is 14.1. The monoisotopic (exact) mass is 422 g/mol. The Morgan fingerprint density at radius 3 is 2.47 bits per heavy atom. The minimum absolute atomic E-state index is 0.0355. The third kappa shape index (κ3) is 4.88. The fraction of sp³-hybridized carbons (Fsp3) is 0.333. The summed E-state index contributed by atoms with van der Waals surface area (Å²) in [5.74, 6) is 0.218. The highest BCUT2D eigenvalue weighted by Gasteiger charge is 2.37. The zero-order chi connectivity index (χ0) is 21.9. The van der Waals surface area contributed by atoms with Crippen molar-refractivity contribution in [3.05, 3.63) is 71.9 Å². The van der Waals surface area contributed by atoms with Gasteiger partial charge in [0.15, 0.2) is 8.32 Å². The van der Waals surface area contributed by atoms with E-state index in [-0.39, 0.29) is 16.8 Å². The standard InChI is InChI=1S/C24H30N2O3Si/c1-17-20(18-11-8-7-9-12-18)13-10-14-21(17)26-22(27)23-25-15-19(29-23)16-28-30(5,6)24(2,3)4/h7-15H,16H2,1-6H3,(H,26,27). The molecule has 0 radical (unpaired) electrons. The third-order valence-electron chi connectivity index (χ3n) is 5.80. The van der Waals surface area contributed by atoms with Crippen LogP contribution >= 0.6 is 0 Å². The quantitative estimate of drug-likeness (QED) is 0.465. The van der Waals surface area contributed by atoms with Gasteiger partial charge in [-0.05, 0) is 47.8 Å². The van der Waals surface area contributed by atoms with Gasteiger partial charge in [-0.1, -0.05) is 63.2 Å². The molecule has 1 aromatic heterocycles. The first-order valence-electron chi connectivity index (χ1n) is 10.1. The molecule has 1 N–H and O–H groups in total. The molecule has 1 amide bonds. The fourth-order valence-corrected chi connectivity index (χ4v) is 3.76. The Kier molecular flexibility index (Phi) is 6.29. The Balaban J connectivity index is 1.71. The summed E-state index contributed by atoms with van der Waals surface area (Å²) in [6, 6.07) is 15.9. The molecule has 0 saturated heterocycles. The Bertz CT molecular complexity index is 1020. The van der Waals surface area contributed by atoms with E-state index in [0.717, 1.165) is 22.4 Å². The van der Waals surface area contributed by atoms with Gasteiger partial charge in [0, 0.05) is 5.69 Å². The number of amides is 1. The van der Waals surface area contributed by atoms with Gasteiger partial charge in [0.25, 0.3) is 5.89 Å². The van der Waals surface area contributed by atoms with Gasteiger partial charge in [0.1, 0.15) is 5.76 Å². The molecular formula is C24H30N2O3Si. The van der Waals surface area contributed by atoms with E-state index in [1.807, 2.05) is 43.3 Å². The van der Waals surface area contributed by atoms with E-state index in [9.17, 15) is 4.79 Å². The van der Waals surface area contributed by atoms with Crippen molar-refractivity contribution in [1.82, 2.24) is 4.98 Å². The molecule has 0 atom stereocenters. The lowest BCUT2D eigenvalue weighted by Gasteiger charge is -2.35. The van der Waals surface area contributed by atoms with E-state index in [0.29, 0.717) is 12.4 Å². The number of nitrogens with zero attached hydrogens (tertiary/aromatic N) is 1. The predicted molar refractivity (Wildman–Crippen MR) is 123 cm³/mol. The van der Waals surface area contributed by atoms with Gasteiger partial charge in [-0.3, -0.25) is 4.79 Å². The summed E-state index contributed by atoms with van der Waals surface area (Å²) >= 11 is 0. The summed E-state index contributed by atoms with van der Waals surface area (Å²) in [4.78, 5) is 16.8. The zero-order valence-electron chi connectivity index (χ0n) is 18.6. The molecule has 158 valence electrons. The normalized spacial score (nSPS) is 12.1. The number of oxazole rings is 1. The van der Waals surface area contributed by atoms with E-state index < -0.39 is 8.32 Å². The van der Waals surface area contributed by atoms with Crippen LogP contribution in [0.3, 0.4) is 0 Å². The van der Waals surface area contributed by atoms with Crippen LogP contribution in [-0.2, 0) is 11.0 Å². The van der Waals surface area contributed by atoms with Crippen LogP contribution in [0.25, 0.3) is 11.1 Å². The topological polar surface area (TPSA) is 64.4 Å². The minimum atomic E-state index is -1.90. The average Bonchev–Trinajstić information content (AvgIpc) is 3.17. The van der Waals surface area contributed by atoms with Crippen LogP contribution in [0.4, 0.5) is 5.69 Å². The van der Waals surface area contributed by atoms with Crippen molar-refractivity contribution in [2.24, 2.45) is 0 Å². The molecule has 0 bridgehead atoms. The number of benzene rings is 2. The van der Waals surface area contributed by atoms with Gasteiger partial charge in [-0.15, -0.1) is 0 Å². The van der Waals surface area contributed by atoms with Crippen molar-refractivity contribution in [1.29, 1.82) is 0 Å². The lowest BCUT2D eigenvalue weighted by atomic mass is 9.99. The van der Waals surface area contributed by atoms with Crippen LogP contribution in [-0.4, -0.2) is 19.2 Å². The summed E-state index contributed by atoms with van der Waals surface area (Å²) in [5, 5.41) is 3.02. The maximum Gasteiger partial charge on any atom is 0.311 e. The highest BCUT2D eigenvalue weighted by molar-refractivity contribution is 6.74. The summed E-state index contributed by atoms with van der Waals surface area (Å²) < 4.78 is 11.8. The largest absolute Gasteiger partial charge is 0.435 e. The molecule has 3 rings (SSSR count). The number of carbonyl (C=O) groups is 1.